The summed E-state index contributed by atoms with van der Waals surface area (Å²) in [5.41, 5.74) is 8.91. The largest absolute Gasteiger partial charge is 0.492 e. The fraction of sp³-hybridized carbons (Fsp3) is 0.267. The summed E-state index contributed by atoms with van der Waals surface area (Å²) in [5.74, 6) is -0.0463. The first-order chi connectivity index (χ1) is 17.9. The molecule has 1 aromatic heterocycles. The number of aryl methyl sites for hydroxylation is 2. The number of carbonyl (C=O) groups is 1. The molecule has 1 aliphatic carbocycles. The maximum absolute atomic E-state index is 15.2. The third kappa shape index (κ3) is 4.14. The van der Waals surface area contributed by atoms with Crippen LogP contribution in [0.4, 0.5) is 4.39 Å². The molecule has 2 N–H and O–H groups in total. The van der Waals surface area contributed by atoms with Crippen molar-refractivity contribution in [2.24, 2.45) is 0 Å². The first kappa shape index (κ1) is 23.3. The van der Waals surface area contributed by atoms with Gasteiger partial charge in [0.25, 0.3) is 0 Å². The number of rotatable bonds is 6. The number of nitrogens with zero attached hydrogens (tertiary/aromatic N) is 1. The van der Waals surface area contributed by atoms with E-state index in [1.165, 1.54) is 0 Å². The second-order valence-electron chi connectivity index (χ2n) is 9.89. The summed E-state index contributed by atoms with van der Waals surface area (Å²) in [6.07, 6.45) is 4.49. The Labute approximate surface area is 214 Å². The van der Waals surface area contributed by atoms with Crippen LogP contribution in [0.2, 0.25) is 0 Å². The van der Waals surface area contributed by atoms with Crippen molar-refractivity contribution in [1.29, 1.82) is 0 Å². The first-order valence-corrected chi connectivity index (χ1v) is 12.5. The highest BCUT2D eigenvalue weighted by molar-refractivity contribution is 5.79. The van der Waals surface area contributed by atoms with Crippen LogP contribution in [0.3, 0.4) is 0 Å². The van der Waals surface area contributed by atoms with Gasteiger partial charge in [-0.25, -0.2) is 9.37 Å². The van der Waals surface area contributed by atoms with Crippen molar-refractivity contribution < 1.29 is 23.8 Å². The van der Waals surface area contributed by atoms with Gasteiger partial charge in [-0.05, 0) is 78.8 Å². The number of hydrogen-bond donors (Lipinski definition) is 2. The standard InChI is InChI=1S/C30H27FN2O4/c1-16-9-18(25-13-32-15-33-25)10-17(2)29(16)22-5-7-24(31)30-23(22)6-8-26(30)37-20-3-4-21-19(11-28(34)35)14-36-27(21)12-20/h3-5,7,9-10,12-13,15,19,26H,6,8,11,14H2,1-2H3,(H,32,33)(H,34,35)/t19-,26-/m1/s1. The van der Waals surface area contributed by atoms with Crippen molar-refractivity contribution in [3.8, 4) is 33.9 Å². The number of ether oxygens (including phenoxy) is 2. The second kappa shape index (κ2) is 9.07. The number of hydrogen-bond acceptors (Lipinski definition) is 4. The van der Waals surface area contributed by atoms with E-state index in [4.69, 9.17) is 14.6 Å². The third-order valence-corrected chi connectivity index (χ3v) is 7.46. The van der Waals surface area contributed by atoms with Gasteiger partial charge in [0.15, 0.2) is 0 Å². The number of benzene rings is 3. The summed E-state index contributed by atoms with van der Waals surface area (Å²) in [4.78, 5) is 18.4. The fourth-order valence-corrected chi connectivity index (χ4v) is 5.86. The number of H-pyrrole nitrogens is 1. The number of imidazole rings is 1. The summed E-state index contributed by atoms with van der Waals surface area (Å²) < 4.78 is 27.2. The lowest BCUT2D eigenvalue weighted by Crippen LogP contribution is -2.07. The minimum Gasteiger partial charge on any atom is -0.492 e. The zero-order valence-electron chi connectivity index (χ0n) is 20.7. The van der Waals surface area contributed by atoms with Gasteiger partial charge in [0, 0.05) is 28.7 Å². The smallest absolute Gasteiger partial charge is 0.304 e. The van der Waals surface area contributed by atoms with E-state index in [0.29, 0.717) is 30.1 Å². The van der Waals surface area contributed by atoms with Crippen molar-refractivity contribution in [3.05, 3.63) is 88.6 Å². The molecule has 188 valence electrons. The molecule has 1 aliphatic heterocycles. The van der Waals surface area contributed by atoms with Gasteiger partial charge >= 0.3 is 5.97 Å². The maximum Gasteiger partial charge on any atom is 0.304 e. The summed E-state index contributed by atoms with van der Waals surface area (Å²) in [7, 11) is 0. The Morgan fingerprint density at radius 1 is 1.19 bits per heavy atom. The molecule has 0 unspecified atom stereocenters. The third-order valence-electron chi connectivity index (χ3n) is 7.46. The Balaban J connectivity index is 1.31. The Hall–Kier alpha value is -4.13. The molecule has 0 fully saturated rings. The lowest BCUT2D eigenvalue weighted by atomic mass is 9.88. The minimum absolute atomic E-state index is 0.0267. The monoisotopic (exact) mass is 498 g/mol. The molecule has 2 heterocycles. The molecular weight excluding hydrogens is 471 g/mol. The van der Waals surface area contributed by atoms with Crippen LogP contribution in [0, 0.1) is 19.7 Å². The highest BCUT2D eigenvalue weighted by Gasteiger charge is 2.32. The van der Waals surface area contributed by atoms with Crippen LogP contribution in [0.1, 0.15) is 52.7 Å². The van der Waals surface area contributed by atoms with Crippen molar-refractivity contribution in [1.82, 2.24) is 9.97 Å². The Bertz CT molecular complexity index is 1490. The number of carboxylic acid groups (broad SMARTS) is 1. The maximum atomic E-state index is 15.2. The molecule has 6 rings (SSSR count). The molecule has 0 radical (unpaired) electrons. The van der Waals surface area contributed by atoms with Crippen LogP contribution in [0.25, 0.3) is 22.4 Å². The fourth-order valence-electron chi connectivity index (χ4n) is 5.86. The van der Waals surface area contributed by atoms with Crippen molar-refractivity contribution in [2.75, 3.05) is 6.61 Å². The summed E-state index contributed by atoms with van der Waals surface area (Å²) in [6, 6.07) is 13.2. The molecule has 4 aromatic rings. The van der Waals surface area contributed by atoms with Crippen molar-refractivity contribution >= 4 is 5.97 Å². The van der Waals surface area contributed by atoms with Gasteiger partial charge < -0.3 is 19.6 Å². The molecule has 3 aromatic carbocycles. The lowest BCUT2D eigenvalue weighted by Gasteiger charge is -2.19. The van der Waals surface area contributed by atoms with Gasteiger partial charge in [-0.1, -0.05) is 12.1 Å². The average molecular weight is 499 g/mol. The van der Waals surface area contributed by atoms with Crippen LogP contribution >= 0.6 is 0 Å². The predicted octanol–water partition coefficient (Wildman–Crippen LogP) is 6.52. The molecule has 2 aliphatic rings. The zero-order valence-corrected chi connectivity index (χ0v) is 20.7. The predicted molar refractivity (Wildman–Crippen MR) is 138 cm³/mol. The van der Waals surface area contributed by atoms with Crippen molar-refractivity contribution in [3.63, 3.8) is 0 Å². The first-order valence-electron chi connectivity index (χ1n) is 12.5. The Morgan fingerprint density at radius 2 is 2.00 bits per heavy atom. The number of aromatic nitrogens is 2. The summed E-state index contributed by atoms with van der Waals surface area (Å²) >= 11 is 0. The van der Waals surface area contributed by atoms with Crippen LogP contribution in [-0.2, 0) is 11.2 Å². The van der Waals surface area contributed by atoms with E-state index in [1.807, 2.05) is 24.4 Å². The van der Waals surface area contributed by atoms with E-state index in [1.54, 1.807) is 18.5 Å². The van der Waals surface area contributed by atoms with E-state index in [9.17, 15) is 4.79 Å². The van der Waals surface area contributed by atoms with Gasteiger partial charge in [0.2, 0.25) is 0 Å². The Morgan fingerprint density at radius 3 is 2.73 bits per heavy atom. The zero-order chi connectivity index (χ0) is 25.7. The van der Waals surface area contributed by atoms with E-state index < -0.39 is 12.1 Å². The van der Waals surface area contributed by atoms with Crippen LogP contribution in [-0.4, -0.2) is 27.7 Å². The topological polar surface area (TPSA) is 84.4 Å². The molecule has 0 saturated heterocycles. The van der Waals surface area contributed by atoms with Crippen LogP contribution < -0.4 is 9.47 Å². The highest BCUT2D eigenvalue weighted by Crippen LogP contribution is 2.45. The molecule has 6 nitrogen and oxygen atoms in total. The highest BCUT2D eigenvalue weighted by atomic mass is 19.1. The number of aromatic amines is 1. The van der Waals surface area contributed by atoms with Gasteiger partial charge in [0.1, 0.15) is 23.4 Å². The normalized spacial score (nSPS) is 17.8. The van der Waals surface area contributed by atoms with Crippen LogP contribution in [0.15, 0.2) is 55.0 Å². The summed E-state index contributed by atoms with van der Waals surface area (Å²) in [6.45, 7) is 4.51. The molecular formula is C30H27FN2O4. The molecule has 7 heteroatoms. The number of aliphatic carboxylic acids is 1. The van der Waals surface area contributed by atoms with Gasteiger partial charge in [-0.15, -0.1) is 0 Å². The summed E-state index contributed by atoms with van der Waals surface area (Å²) in [5, 5.41) is 9.14. The minimum atomic E-state index is -0.850. The van der Waals surface area contributed by atoms with E-state index >= 15 is 4.39 Å². The van der Waals surface area contributed by atoms with Gasteiger partial charge in [0.05, 0.1) is 31.2 Å². The van der Waals surface area contributed by atoms with Crippen molar-refractivity contribution in [2.45, 2.75) is 45.1 Å². The molecule has 0 amide bonds. The molecule has 0 bridgehead atoms. The molecule has 2 atom stereocenters. The van der Waals surface area contributed by atoms with Gasteiger partial charge in [-0.2, -0.15) is 0 Å². The average Bonchev–Trinajstić information content (AvgIpc) is 3.61. The van der Waals surface area contributed by atoms with E-state index in [-0.39, 0.29) is 18.2 Å². The molecule has 37 heavy (non-hydrogen) atoms. The van der Waals surface area contributed by atoms with E-state index in [2.05, 4.69) is 35.9 Å². The quantitative estimate of drug-likeness (QED) is 0.316. The molecule has 0 spiro atoms. The van der Waals surface area contributed by atoms with Crippen LogP contribution in [0.5, 0.6) is 11.5 Å². The van der Waals surface area contributed by atoms with E-state index in [0.717, 1.165) is 51.1 Å². The SMILES string of the molecule is Cc1cc(-c2cnc[nH]2)cc(C)c1-c1ccc(F)c2c1CC[C@H]2Oc1ccc2c(c1)OC[C@H]2CC(=O)O. The number of carboxylic acids is 1. The molecule has 0 saturated carbocycles. The Kier molecular flexibility index (Phi) is 5.71. The second-order valence-corrected chi connectivity index (χ2v) is 9.89. The number of halogens is 1. The number of fused-ring (bicyclic) bond motifs is 2. The lowest BCUT2D eigenvalue weighted by molar-refractivity contribution is -0.137. The number of nitrogens with one attached hydrogen (secondary N) is 1. The van der Waals surface area contributed by atoms with Gasteiger partial charge in [-0.3, -0.25) is 4.79 Å².